The number of aromatic nitrogens is 2. The van der Waals surface area contributed by atoms with E-state index >= 15 is 0 Å². The molecule has 1 aliphatic carbocycles. The van der Waals surface area contributed by atoms with Crippen molar-refractivity contribution in [2.24, 2.45) is 5.41 Å². The summed E-state index contributed by atoms with van der Waals surface area (Å²) >= 11 is 1.70. The Hall–Kier alpha value is -1.26. The van der Waals surface area contributed by atoms with Crippen molar-refractivity contribution in [3.8, 4) is 10.7 Å². The molecule has 0 radical (unpaired) electrons. The zero-order valence-electron chi connectivity index (χ0n) is 12.3. The second-order valence-electron chi connectivity index (χ2n) is 6.23. The molecule has 0 saturated heterocycles. The van der Waals surface area contributed by atoms with Crippen LogP contribution in [0.25, 0.3) is 10.7 Å². The van der Waals surface area contributed by atoms with Crippen LogP contribution in [0.3, 0.4) is 0 Å². The highest BCUT2D eigenvalue weighted by Crippen LogP contribution is 2.40. The number of rotatable bonds is 3. The molecule has 1 unspecified atom stereocenters. The van der Waals surface area contributed by atoms with Gasteiger partial charge in [0.05, 0.1) is 4.88 Å². The van der Waals surface area contributed by atoms with Crippen molar-refractivity contribution in [2.45, 2.75) is 39.7 Å². The number of hydrogen-bond acceptors (Lipinski definition) is 4. The number of thiophene rings is 1. The number of nitrogens with one attached hydrogen (secondary N) is 1. The smallest absolute Gasteiger partial charge is 0.169 e. The molecule has 4 heteroatoms. The van der Waals surface area contributed by atoms with Gasteiger partial charge in [-0.2, -0.15) is 0 Å². The molecular weight excluding hydrogens is 266 g/mol. The molecule has 106 valence electrons. The highest BCUT2D eigenvalue weighted by molar-refractivity contribution is 7.13. The monoisotopic (exact) mass is 287 g/mol. The molecule has 1 aliphatic rings. The summed E-state index contributed by atoms with van der Waals surface area (Å²) in [5.74, 6) is 0.867. The molecule has 0 amide bonds. The minimum absolute atomic E-state index is 0.293. The normalized spacial score (nSPS) is 20.6. The van der Waals surface area contributed by atoms with Crippen LogP contribution in [0, 0.1) is 5.41 Å². The summed E-state index contributed by atoms with van der Waals surface area (Å²) in [7, 11) is 0. The van der Waals surface area contributed by atoms with E-state index in [9.17, 15) is 0 Å². The fourth-order valence-electron chi connectivity index (χ4n) is 3.00. The van der Waals surface area contributed by atoms with Crippen LogP contribution in [0.4, 0.5) is 0 Å². The van der Waals surface area contributed by atoms with Gasteiger partial charge in [-0.1, -0.05) is 26.8 Å². The van der Waals surface area contributed by atoms with Gasteiger partial charge in [-0.25, -0.2) is 9.97 Å². The third-order valence-corrected chi connectivity index (χ3v) is 4.74. The predicted molar refractivity (Wildman–Crippen MR) is 83.9 cm³/mol. The second kappa shape index (κ2) is 5.26. The van der Waals surface area contributed by atoms with Crippen molar-refractivity contribution in [2.75, 3.05) is 6.54 Å². The molecule has 2 aromatic heterocycles. The van der Waals surface area contributed by atoms with Gasteiger partial charge >= 0.3 is 0 Å². The third-order valence-electron chi connectivity index (χ3n) is 3.87. The second-order valence-corrected chi connectivity index (χ2v) is 7.18. The number of hydrogen-bond donors (Lipinski definition) is 1. The van der Waals surface area contributed by atoms with E-state index < -0.39 is 0 Å². The van der Waals surface area contributed by atoms with Crippen LogP contribution in [0.2, 0.25) is 0 Å². The lowest BCUT2D eigenvalue weighted by Gasteiger charge is -2.36. The molecule has 1 atom stereocenters. The van der Waals surface area contributed by atoms with Gasteiger partial charge in [-0.3, -0.25) is 0 Å². The predicted octanol–water partition coefficient (Wildman–Crippen LogP) is 3.83. The van der Waals surface area contributed by atoms with Crippen LogP contribution in [-0.2, 0) is 6.42 Å². The fourth-order valence-corrected chi connectivity index (χ4v) is 3.66. The Balaban J connectivity index is 2.01. The largest absolute Gasteiger partial charge is 0.310 e. The summed E-state index contributed by atoms with van der Waals surface area (Å²) in [4.78, 5) is 10.6. The van der Waals surface area contributed by atoms with Gasteiger partial charge in [0.15, 0.2) is 5.82 Å². The first kappa shape index (κ1) is 13.7. The van der Waals surface area contributed by atoms with Crippen molar-refractivity contribution >= 4 is 11.3 Å². The van der Waals surface area contributed by atoms with Crippen molar-refractivity contribution in [1.29, 1.82) is 0 Å². The van der Waals surface area contributed by atoms with Gasteiger partial charge in [-0.05, 0) is 36.2 Å². The summed E-state index contributed by atoms with van der Waals surface area (Å²) in [6.45, 7) is 7.79. The van der Waals surface area contributed by atoms with Crippen LogP contribution in [-0.4, -0.2) is 16.5 Å². The van der Waals surface area contributed by atoms with Crippen LogP contribution in [0.15, 0.2) is 23.7 Å². The first-order chi connectivity index (χ1) is 9.59. The lowest BCUT2D eigenvalue weighted by molar-refractivity contribution is 0.255. The van der Waals surface area contributed by atoms with E-state index in [1.54, 1.807) is 11.3 Å². The SMILES string of the molecule is CCNC1CC(C)(C)Cc2nc(-c3cccs3)ncc21. The molecule has 0 spiro atoms. The van der Waals surface area contributed by atoms with Gasteiger partial charge in [0.2, 0.25) is 0 Å². The van der Waals surface area contributed by atoms with E-state index in [1.807, 2.05) is 12.3 Å². The minimum atomic E-state index is 0.293. The van der Waals surface area contributed by atoms with Gasteiger partial charge < -0.3 is 5.32 Å². The zero-order valence-corrected chi connectivity index (χ0v) is 13.1. The van der Waals surface area contributed by atoms with Gasteiger partial charge in [0.1, 0.15) is 0 Å². The maximum absolute atomic E-state index is 4.84. The molecule has 1 N–H and O–H groups in total. The van der Waals surface area contributed by atoms with E-state index in [-0.39, 0.29) is 0 Å². The molecule has 20 heavy (non-hydrogen) atoms. The zero-order chi connectivity index (χ0) is 14.2. The Morgan fingerprint density at radius 2 is 2.30 bits per heavy atom. The van der Waals surface area contributed by atoms with Gasteiger partial charge in [0.25, 0.3) is 0 Å². The molecular formula is C16H21N3S. The van der Waals surface area contributed by atoms with E-state index in [0.717, 1.165) is 30.1 Å². The number of fused-ring (bicyclic) bond motifs is 1. The molecule has 2 heterocycles. The van der Waals surface area contributed by atoms with E-state index in [4.69, 9.17) is 4.98 Å². The summed E-state index contributed by atoms with van der Waals surface area (Å²) < 4.78 is 0. The first-order valence-electron chi connectivity index (χ1n) is 7.22. The molecule has 0 saturated carbocycles. The average molecular weight is 287 g/mol. The van der Waals surface area contributed by atoms with E-state index in [0.29, 0.717) is 11.5 Å². The summed E-state index contributed by atoms with van der Waals surface area (Å²) in [5.41, 5.74) is 2.79. The average Bonchev–Trinajstić information content (AvgIpc) is 2.90. The van der Waals surface area contributed by atoms with Crippen molar-refractivity contribution in [1.82, 2.24) is 15.3 Å². The Kier molecular flexibility index (Phi) is 3.61. The quantitative estimate of drug-likeness (QED) is 0.932. The Labute approximate surface area is 124 Å². The van der Waals surface area contributed by atoms with Crippen LogP contribution < -0.4 is 5.32 Å². The van der Waals surface area contributed by atoms with Crippen LogP contribution in [0.5, 0.6) is 0 Å². The lowest BCUT2D eigenvalue weighted by Crippen LogP contribution is -2.34. The van der Waals surface area contributed by atoms with Crippen LogP contribution in [0.1, 0.15) is 44.5 Å². The highest BCUT2D eigenvalue weighted by atomic mass is 32.1. The van der Waals surface area contributed by atoms with E-state index in [2.05, 4.69) is 42.5 Å². The first-order valence-corrected chi connectivity index (χ1v) is 8.10. The van der Waals surface area contributed by atoms with Crippen molar-refractivity contribution in [3.63, 3.8) is 0 Å². The molecule has 0 aromatic carbocycles. The molecule has 0 aliphatic heterocycles. The topological polar surface area (TPSA) is 37.8 Å². The molecule has 3 rings (SSSR count). The van der Waals surface area contributed by atoms with Gasteiger partial charge in [-0.15, -0.1) is 11.3 Å². The summed E-state index contributed by atoms with van der Waals surface area (Å²) in [6.07, 6.45) is 4.21. The highest BCUT2D eigenvalue weighted by Gasteiger charge is 2.33. The van der Waals surface area contributed by atoms with Crippen molar-refractivity contribution in [3.05, 3.63) is 35.0 Å². The Morgan fingerprint density at radius 1 is 1.45 bits per heavy atom. The molecule has 0 bridgehead atoms. The fraction of sp³-hybridized carbons (Fsp3) is 0.500. The molecule has 2 aromatic rings. The molecule has 0 fully saturated rings. The van der Waals surface area contributed by atoms with Crippen LogP contribution >= 0.6 is 11.3 Å². The molecule has 3 nitrogen and oxygen atoms in total. The maximum Gasteiger partial charge on any atom is 0.169 e. The summed E-state index contributed by atoms with van der Waals surface area (Å²) in [5, 5.41) is 5.65. The van der Waals surface area contributed by atoms with Gasteiger partial charge in [0, 0.05) is 23.5 Å². The minimum Gasteiger partial charge on any atom is -0.310 e. The lowest BCUT2D eigenvalue weighted by atomic mass is 9.74. The number of nitrogens with zero attached hydrogens (tertiary/aromatic N) is 2. The Bertz CT molecular complexity index is 590. The third kappa shape index (κ3) is 2.63. The van der Waals surface area contributed by atoms with Crippen molar-refractivity contribution < 1.29 is 0 Å². The summed E-state index contributed by atoms with van der Waals surface area (Å²) in [6, 6.07) is 4.52. The standard InChI is InChI=1S/C16H21N3S/c1-4-17-12-8-16(2,3)9-13-11(12)10-18-15(19-13)14-6-5-7-20-14/h5-7,10,12,17H,4,8-9H2,1-3H3. The van der Waals surface area contributed by atoms with E-state index in [1.165, 1.54) is 11.3 Å². The Morgan fingerprint density at radius 3 is 3.00 bits per heavy atom. The maximum atomic E-state index is 4.84.